The third kappa shape index (κ3) is 3.32. The highest BCUT2D eigenvalue weighted by molar-refractivity contribution is 5.76. The van der Waals surface area contributed by atoms with Crippen LogP contribution in [0.3, 0.4) is 0 Å². The molecule has 2 aliphatic rings. The first-order valence-electron chi connectivity index (χ1n) is 7.62. The zero-order valence-electron chi connectivity index (χ0n) is 12.5. The lowest BCUT2D eigenvalue weighted by molar-refractivity contribution is -0.135. The van der Waals surface area contributed by atoms with Crippen LogP contribution in [-0.2, 0) is 16.0 Å². The van der Waals surface area contributed by atoms with E-state index in [4.69, 9.17) is 9.47 Å². The SMILES string of the molecule is O=CN1CCN(C(=O)CCc2ccc3c(c2)OCCO3)CC1. The van der Waals surface area contributed by atoms with Crippen LogP contribution in [0.5, 0.6) is 11.5 Å². The number of benzene rings is 1. The van der Waals surface area contributed by atoms with Gasteiger partial charge in [0.25, 0.3) is 0 Å². The molecule has 0 atom stereocenters. The van der Waals surface area contributed by atoms with E-state index in [0.29, 0.717) is 52.2 Å². The topological polar surface area (TPSA) is 59.1 Å². The molecule has 1 fully saturated rings. The predicted molar refractivity (Wildman–Crippen MR) is 80.0 cm³/mol. The van der Waals surface area contributed by atoms with Crippen LogP contribution >= 0.6 is 0 Å². The molecule has 0 aliphatic carbocycles. The van der Waals surface area contributed by atoms with Crippen molar-refractivity contribution in [2.75, 3.05) is 39.4 Å². The van der Waals surface area contributed by atoms with Gasteiger partial charge in [-0.2, -0.15) is 0 Å². The number of nitrogens with zero attached hydrogens (tertiary/aromatic N) is 2. The maximum Gasteiger partial charge on any atom is 0.223 e. The Labute approximate surface area is 129 Å². The summed E-state index contributed by atoms with van der Waals surface area (Å²) >= 11 is 0. The van der Waals surface area contributed by atoms with Crippen molar-refractivity contribution in [1.29, 1.82) is 0 Å². The highest BCUT2D eigenvalue weighted by Crippen LogP contribution is 2.31. The second-order valence-corrected chi connectivity index (χ2v) is 5.50. The Morgan fingerprint density at radius 2 is 1.82 bits per heavy atom. The summed E-state index contributed by atoms with van der Waals surface area (Å²) in [4.78, 5) is 26.4. The Balaban J connectivity index is 1.52. The van der Waals surface area contributed by atoms with Crippen molar-refractivity contribution in [3.05, 3.63) is 23.8 Å². The first kappa shape index (κ1) is 14.7. The van der Waals surface area contributed by atoms with Gasteiger partial charge < -0.3 is 19.3 Å². The van der Waals surface area contributed by atoms with Crippen molar-refractivity contribution in [2.45, 2.75) is 12.8 Å². The van der Waals surface area contributed by atoms with E-state index in [9.17, 15) is 9.59 Å². The molecular weight excluding hydrogens is 284 g/mol. The maximum absolute atomic E-state index is 12.2. The number of fused-ring (bicyclic) bond motifs is 1. The molecule has 0 N–H and O–H groups in total. The predicted octanol–water partition coefficient (Wildman–Crippen LogP) is 0.691. The fraction of sp³-hybridized carbons (Fsp3) is 0.500. The van der Waals surface area contributed by atoms with Crippen molar-refractivity contribution >= 4 is 12.3 Å². The first-order valence-corrected chi connectivity index (χ1v) is 7.62. The summed E-state index contributed by atoms with van der Waals surface area (Å²) < 4.78 is 11.0. The molecule has 1 aromatic carbocycles. The van der Waals surface area contributed by atoms with Gasteiger partial charge in [-0.3, -0.25) is 9.59 Å². The monoisotopic (exact) mass is 304 g/mol. The minimum Gasteiger partial charge on any atom is -0.486 e. The van der Waals surface area contributed by atoms with Crippen LogP contribution in [0, 0.1) is 0 Å². The molecule has 22 heavy (non-hydrogen) atoms. The van der Waals surface area contributed by atoms with E-state index in [-0.39, 0.29) is 5.91 Å². The van der Waals surface area contributed by atoms with Crippen LogP contribution in [0.1, 0.15) is 12.0 Å². The molecule has 0 radical (unpaired) electrons. The fourth-order valence-corrected chi connectivity index (χ4v) is 2.73. The van der Waals surface area contributed by atoms with Gasteiger partial charge in [0, 0.05) is 32.6 Å². The molecule has 0 saturated carbocycles. The first-order chi connectivity index (χ1) is 10.8. The minimum absolute atomic E-state index is 0.139. The quantitative estimate of drug-likeness (QED) is 0.768. The summed E-state index contributed by atoms with van der Waals surface area (Å²) in [6, 6.07) is 5.83. The van der Waals surface area contributed by atoms with Crippen LogP contribution in [-0.4, -0.2) is 61.5 Å². The number of rotatable bonds is 4. The molecule has 118 valence electrons. The lowest BCUT2D eigenvalue weighted by atomic mass is 10.1. The Kier molecular flexibility index (Phi) is 4.46. The van der Waals surface area contributed by atoms with Gasteiger partial charge in [0.1, 0.15) is 13.2 Å². The van der Waals surface area contributed by atoms with Gasteiger partial charge >= 0.3 is 0 Å². The van der Waals surface area contributed by atoms with Gasteiger partial charge in [0.15, 0.2) is 11.5 Å². The summed E-state index contributed by atoms with van der Waals surface area (Å²) in [7, 11) is 0. The van der Waals surface area contributed by atoms with Crippen LogP contribution in [0.25, 0.3) is 0 Å². The van der Waals surface area contributed by atoms with E-state index in [2.05, 4.69) is 0 Å². The highest BCUT2D eigenvalue weighted by atomic mass is 16.6. The molecule has 0 aromatic heterocycles. The average molecular weight is 304 g/mol. The average Bonchev–Trinajstić information content (AvgIpc) is 2.59. The van der Waals surface area contributed by atoms with Crippen LogP contribution < -0.4 is 9.47 Å². The number of ether oxygens (including phenoxy) is 2. The molecule has 2 aliphatic heterocycles. The molecule has 2 heterocycles. The zero-order chi connectivity index (χ0) is 15.4. The Morgan fingerprint density at radius 1 is 1.09 bits per heavy atom. The second kappa shape index (κ2) is 6.68. The molecule has 0 spiro atoms. The van der Waals surface area contributed by atoms with E-state index in [1.807, 2.05) is 23.1 Å². The van der Waals surface area contributed by atoms with Gasteiger partial charge in [0.2, 0.25) is 12.3 Å². The molecule has 0 bridgehead atoms. The molecule has 1 saturated heterocycles. The number of carbonyl (C=O) groups excluding carboxylic acids is 2. The largest absolute Gasteiger partial charge is 0.486 e. The van der Waals surface area contributed by atoms with Crippen LogP contribution in [0.4, 0.5) is 0 Å². The van der Waals surface area contributed by atoms with Gasteiger partial charge in [-0.1, -0.05) is 6.07 Å². The van der Waals surface area contributed by atoms with Gasteiger partial charge in [-0.15, -0.1) is 0 Å². The van der Waals surface area contributed by atoms with Crippen molar-refractivity contribution in [3.63, 3.8) is 0 Å². The van der Waals surface area contributed by atoms with Crippen molar-refractivity contribution in [1.82, 2.24) is 9.80 Å². The number of hydrogen-bond donors (Lipinski definition) is 0. The van der Waals surface area contributed by atoms with E-state index in [1.165, 1.54) is 0 Å². The molecule has 6 heteroatoms. The number of piperazine rings is 1. The smallest absolute Gasteiger partial charge is 0.223 e. The highest BCUT2D eigenvalue weighted by Gasteiger charge is 2.20. The van der Waals surface area contributed by atoms with Crippen LogP contribution in [0.2, 0.25) is 0 Å². The van der Waals surface area contributed by atoms with Crippen molar-refractivity contribution in [3.8, 4) is 11.5 Å². The lowest BCUT2D eigenvalue weighted by Crippen LogP contribution is -2.48. The molecule has 1 aromatic rings. The summed E-state index contributed by atoms with van der Waals surface area (Å²) in [5.74, 6) is 1.67. The maximum atomic E-state index is 12.2. The Hall–Kier alpha value is -2.24. The Morgan fingerprint density at radius 3 is 2.55 bits per heavy atom. The van der Waals surface area contributed by atoms with E-state index < -0.39 is 0 Å². The van der Waals surface area contributed by atoms with E-state index in [0.717, 1.165) is 23.5 Å². The van der Waals surface area contributed by atoms with E-state index >= 15 is 0 Å². The van der Waals surface area contributed by atoms with Gasteiger partial charge in [-0.05, 0) is 24.1 Å². The second-order valence-electron chi connectivity index (χ2n) is 5.50. The summed E-state index contributed by atoms with van der Waals surface area (Å²) in [5.41, 5.74) is 1.07. The summed E-state index contributed by atoms with van der Waals surface area (Å²) in [5, 5.41) is 0. The zero-order valence-corrected chi connectivity index (χ0v) is 12.5. The number of aryl methyl sites for hydroxylation is 1. The molecule has 6 nitrogen and oxygen atoms in total. The van der Waals surface area contributed by atoms with Crippen molar-refractivity contribution < 1.29 is 19.1 Å². The molecule has 0 unspecified atom stereocenters. The lowest BCUT2D eigenvalue weighted by Gasteiger charge is -2.32. The minimum atomic E-state index is 0.139. The third-order valence-corrected chi connectivity index (χ3v) is 4.05. The normalized spacial score (nSPS) is 17.3. The fourth-order valence-electron chi connectivity index (χ4n) is 2.73. The third-order valence-electron chi connectivity index (χ3n) is 4.05. The van der Waals surface area contributed by atoms with Gasteiger partial charge in [-0.25, -0.2) is 0 Å². The molecule has 3 rings (SSSR count). The van der Waals surface area contributed by atoms with Gasteiger partial charge in [0.05, 0.1) is 0 Å². The Bertz CT molecular complexity index is 553. The standard InChI is InChI=1S/C16H20N2O4/c19-12-17-5-7-18(8-6-17)16(20)4-2-13-1-3-14-15(11-13)22-10-9-21-14/h1,3,11-12H,2,4-10H2. The molecular formula is C16H20N2O4. The van der Waals surface area contributed by atoms with Crippen LogP contribution in [0.15, 0.2) is 18.2 Å². The van der Waals surface area contributed by atoms with Crippen molar-refractivity contribution in [2.24, 2.45) is 0 Å². The number of carbonyl (C=O) groups is 2. The summed E-state index contributed by atoms with van der Waals surface area (Å²) in [6.45, 7) is 3.64. The molecule has 2 amide bonds. The summed E-state index contributed by atoms with van der Waals surface area (Å²) in [6.07, 6.45) is 2.00. The number of hydrogen-bond acceptors (Lipinski definition) is 4. The van der Waals surface area contributed by atoms with E-state index in [1.54, 1.807) is 4.90 Å². The number of amides is 2.